The van der Waals surface area contributed by atoms with Crippen LogP contribution in [0.3, 0.4) is 0 Å². The summed E-state index contributed by atoms with van der Waals surface area (Å²) in [5, 5.41) is 5.80. The lowest BCUT2D eigenvalue weighted by molar-refractivity contribution is -0.136. The van der Waals surface area contributed by atoms with E-state index in [1.165, 1.54) is 19.3 Å². The van der Waals surface area contributed by atoms with Crippen molar-refractivity contribution in [3.8, 4) is 0 Å². The molecular formula is C18H32N4O3. The summed E-state index contributed by atoms with van der Waals surface area (Å²) in [7, 11) is 0. The van der Waals surface area contributed by atoms with Crippen LogP contribution in [0.1, 0.15) is 52.9 Å². The maximum atomic E-state index is 12.3. The summed E-state index contributed by atoms with van der Waals surface area (Å²) in [6.45, 7) is 7.58. The van der Waals surface area contributed by atoms with Gasteiger partial charge in [0.2, 0.25) is 11.8 Å². The first-order valence-electron chi connectivity index (χ1n) is 9.39. The first-order chi connectivity index (χ1) is 11.8. The van der Waals surface area contributed by atoms with Gasteiger partial charge in [-0.2, -0.15) is 0 Å². The van der Waals surface area contributed by atoms with Crippen molar-refractivity contribution >= 4 is 17.8 Å². The van der Waals surface area contributed by atoms with Gasteiger partial charge in [-0.1, -0.05) is 40.0 Å². The summed E-state index contributed by atoms with van der Waals surface area (Å²) >= 11 is 0. The molecule has 7 heteroatoms. The zero-order valence-corrected chi connectivity index (χ0v) is 15.8. The van der Waals surface area contributed by atoms with E-state index in [1.54, 1.807) is 9.80 Å². The average molecular weight is 352 g/mol. The Balaban J connectivity index is 1.70. The molecule has 0 aromatic carbocycles. The van der Waals surface area contributed by atoms with E-state index >= 15 is 0 Å². The Labute approximate surface area is 150 Å². The fourth-order valence-electron chi connectivity index (χ4n) is 3.20. The van der Waals surface area contributed by atoms with E-state index in [9.17, 15) is 14.4 Å². The zero-order chi connectivity index (χ0) is 18.4. The molecule has 2 fully saturated rings. The van der Waals surface area contributed by atoms with E-state index in [-0.39, 0.29) is 24.4 Å². The quantitative estimate of drug-likeness (QED) is 0.804. The maximum Gasteiger partial charge on any atom is 0.317 e. The molecule has 0 unspecified atom stereocenters. The Kier molecular flexibility index (Phi) is 6.67. The third-order valence-corrected chi connectivity index (χ3v) is 4.93. The Hall–Kier alpha value is -1.79. The minimum absolute atomic E-state index is 0.0139. The number of piperazine rings is 1. The number of hydrogen-bond donors (Lipinski definition) is 2. The van der Waals surface area contributed by atoms with Crippen molar-refractivity contribution in [2.45, 2.75) is 58.9 Å². The molecule has 2 N–H and O–H groups in total. The van der Waals surface area contributed by atoms with Gasteiger partial charge in [-0.15, -0.1) is 0 Å². The van der Waals surface area contributed by atoms with Crippen molar-refractivity contribution in [1.29, 1.82) is 0 Å². The lowest BCUT2D eigenvalue weighted by Crippen LogP contribution is -2.56. The van der Waals surface area contributed by atoms with E-state index < -0.39 is 5.41 Å². The zero-order valence-electron chi connectivity index (χ0n) is 15.8. The van der Waals surface area contributed by atoms with Crippen LogP contribution in [-0.2, 0) is 9.59 Å². The second kappa shape index (κ2) is 8.54. The predicted octanol–water partition coefficient (Wildman–Crippen LogP) is 1.34. The third kappa shape index (κ3) is 5.90. The summed E-state index contributed by atoms with van der Waals surface area (Å²) in [6, 6.07) is 0.286. The molecule has 1 aliphatic heterocycles. The van der Waals surface area contributed by atoms with E-state index in [0.29, 0.717) is 32.2 Å². The molecule has 0 bridgehead atoms. The van der Waals surface area contributed by atoms with Gasteiger partial charge in [0, 0.05) is 37.6 Å². The second-order valence-electron chi connectivity index (χ2n) is 8.08. The summed E-state index contributed by atoms with van der Waals surface area (Å²) in [5.74, 6) is -0.226. The number of nitrogens with one attached hydrogen (secondary N) is 2. The molecule has 4 amide bonds. The molecule has 0 spiro atoms. The number of rotatable bonds is 3. The summed E-state index contributed by atoms with van der Waals surface area (Å²) in [4.78, 5) is 39.9. The lowest BCUT2D eigenvalue weighted by atomic mass is 9.96. The molecular weight excluding hydrogens is 320 g/mol. The fraction of sp³-hybridized carbons (Fsp3) is 0.833. The predicted molar refractivity (Wildman–Crippen MR) is 96.0 cm³/mol. The molecule has 1 heterocycles. The molecule has 25 heavy (non-hydrogen) atoms. The topological polar surface area (TPSA) is 81.8 Å². The van der Waals surface area contributed by atoms with Gasteiger partial charge < -0.3 is 20.4 Å². The molecule has 0 aromatic heterocycles. The van der Waals surface area contributed by atoms with Crippen LogP contribution in [-0.4, -0.2) is 66.4 Å². The molecule has 142 valence electrons. The van der Waals surface area contributed by atoms with E-state index in [1.807, 2.05) is 20.8 Å². The molecule has 1 saturated carbocycles. The van der Waals surface area contributed by atoms with Crippen LogP contribution in [0.4, 0.5) is 4.79 Å². The first-order valence-corrected chi connectivity index (χ1v) is 9.39. The van der Waals surface area contributed by atoms with Crippen LogP contribution in [0.15, 0.2) is 0 Å². The van der Waals surface area contributed by atoms with Crippen LogP contribution >= 0.6 is 0 Å². The molecule has 0 aromatic rings. The van der Waals surface area contributed by atoms with Gasteiger partial charge >= 0.3 is 6.03 Å². The second-order valence-corrected chi connectivity index (χ2v) is 8.08. The smallest absolute Gasteiger partial charge is 0.317 e. The minimum atomic E-state index is -0.504. The van der Waals surface area contributed by atoms with Crippen molar-refractivity contribution in [2.24, 2.45) is 5.41 Å². The van der Waals surface area contributed by atoms with Crippen molar-refractivity contribution < 1.29 is 14.4 Å². The SMILES string of the molecule is CC(C)(C)C(=O)NCC(=O)N1CCN(C(=O)NC2CCCCC2)CC1. The van der Waals surface area contributed by atoms with Crippen LogP contribution in [0, 0.1) is 5.41 Å². The van der Waals surface area contributed by atoms with Crippen LogP contribution in [0.2, 0.25) is 0 Å². The highest BCUT2D eigenvalue weighted by Crippen LogP contribution is 2.18. The highest BCUT2D eigenvalue weighted by Gasteiger charge is 2.27. The van der Waals surface area contributed by atoms with Gasteiger partial charge in [0.15, 0.2) is 0 Å². The maximum absolute atomic E-state index is 12.3. The minimum Gasteiger partial charge on any atom is -0.347 e. The summed E-state index contributed by atoms with van der Waals surface area (Å²) in [6.07, 6.45) is 5.77. The Morgan fingerprint density at radius 1 is 0.920 bits per heavy atom. The fourth-order valence-corrected chi connectivity index (χ4v) is 3.20. The van der Waals surface area contributed by atoms with Gasteiger partial charge in [-0.25, -0.2) is 4.79 Å². The van der Waals surface area contributed by atoms with Crippen molar-refractivity contribution in [3.63, 3.8) is 0 Å². The van der Waals surface area contributed by atoms with Crippen LogP contribution in [0.25, 0.3) is 0 Å². The van der Waals surface area contributed by atoms with Gasteiger partial charge in [0.05, 0.1) is 6.54 Å². The molecule has 1 aliphatic carbocycles. The van der Waals surface area contributed by atoms with Gasteiger partial charge in [-0.3, -0.25) is 9.59 Å². The molecule has 0 radical (unpaired) electrons. The van der Waals surface area contributed by atoms with E-state index in [0.717, 1.165) is 12.8 Å². The van der Waals surface area contributed by atoms with Crippen LogP contribution in [0.5, 0.6) is 0 Å². The highest BCUT2D eigenvalue weighted by molar-refractivity contribution is 5.87. The molecule has 7 nitrogen and oxygen atoms in total. The van der Waals surface area contributed by atoms with Crippen molar-refractivity contribution in [1.82, 2.24) is 20.4 Å². The van der Waals surface area contributed by atoms with Crippen LogP contribution < -0.4 is 10.6 Å². The highest BCUT2D eigenvalue weighted by atomic mass is 16.2. The molecule has 2 rings (SSSR count). The van der Waals surface area contributed by atoms with Gasteiger partial charge in [0.1, 0.15) is 0 Å². The Morgan fingerprint density at radius 2 is 1.48 bits per heavy atom. The first kappa shape index (κ1) is 19.5. The number of carbonyl (C=O) groups is 3. The molecule has 2 aliphatic rings. The van der Waals surface area contributed by atoms with Crippen molar-refractivity contribution in [2.75, 3.05) is 32.7 Å². The van der Waals surface area contributed by atoms with Gasteiger partial charge in [0.25, 0.3) is 0 Å². The van der Waals surface area contributed by atoms with E-state index in [4.69, 9.17) is 0 Å². The summed E-state index contributed by atoms with van der Waals surface area (Å²) < 4.78 is 0. The number of urea groups is 1. The van der Waals surface area contributed by atoms with Gasteiger partial charge in [-0.05, 0) is 12.8 Å². The number of carbonyl (C=O) groups excluding carboxylic acids is 3. The largest absolute Gasteiger partial charge is 0.347 e. The Morgan fingerprint density at radius 3 is 2.04 bits per heavy atom. The third-order valence-electron chi connectivity index (χ3n) is 4.93. The van der Waals surface area contributed by atoms with Crippen molar-refractivity contribution in [3.05, 3.63) is 0 Å². The molecule has 1 saturated heterocycles. The monoisotopic (exact) mass is 352 g/mol. The Bertz CT molecular complexity index is 487. The number of hydrogen-bond acceptors (Lipinski definition) is 3. The standard InChI is InChI=1S/C18H32N4O3/c1-18(2,3)16(24)19-13-15(23)21-9-11-22(12-10-21)17(25)20-14-7-5-4-6-8-14/h14H,4-13H2,1-3H3,(H,19,24)(H,20,25). The number of nitrogens with zero attached hydrogens (tertiary/aromatic N) is 2. The summed E-state index contributed by atoms with van der Waals surface area (Å²) in [5.41, 5.74) is -0.504. The normalized spacial score (nSPS) is 19.5. The average Bonchev–Trinajstić information content (AvgIpc) is 2.59. The molecule has 0 atom stereocenters. The van der Waals surface area contributed by atoms with E-state index in [2.05, 4.69) is 10.6 Å². The number of amides is 4. The lowest BCUT2D eigenvalue weighted by Gasteiger charge is -2.36.